The fourth-order valence-electron chi connectivity index (χ4n) is 8.55. The fraction of sp³-hybridized carbons (Fsp3) is 0.321. The SMILES string of the molecule is Brc1cccc(-c2nc3ccccc3n2-c2ccccc2)c1.CC1(C)OB(B2OC(C)(C)C(C)(C)O2)OC1(C)C.CC1(C)OB(c2cccc(-c3nc4ccccc4n3-c3ccccc3)c2)OC1(C)C. The van der Waals surface area contributed by atoms with E-state index in [4.69, 9.17) is 37.9 Å². The van der Waals surface area contributed by atoms with Crippen molar-refractivity contribution in [2.24, 2.45) is 0 Å². The van der Waals surface area contributed by atoms with Gasteiger partial charge in [-0.15, -0.1) is 0 Å². The highest BCUT2D eigenvalue weighted by Gasteiger charge is 2.63. The standard InChI is InChI=1S/C25H25BN2O2.C19H13BrN2.C12H24B2O4/c1-24(2)25(3,4)30-26(29-24)19-12-10-11-18(17-19)23-27-21-15-8-9-16-22(21)28(23)20-13-6-5-7-14-20;20-15-8-6-7-14(13-15)19-21-17-11-4-5-12-18(17)22(19)16-9-2-1-3-10-16;1-9(2)10(3,4)16-13(15-9)14-17-11(5,6)12(7,8)18-14/h5-17H,1-4H3;1-13H;1-8H3. The van der Waals surface area contributed by atoms with E-state index in [9.17, 15) is 0 Å². The van der Waals surface area contributed by atoms with E-state index < -0.39 is 21.1 Å². The summed E-state index contributed by atoms with van der Waals surface area (Å²) in [7, 11) is -1.35. The summed E-state index contributed by atoms with van der Waals surface area (Å²) in [5, 5.41) is 0. The maximum Gasteiger partial charge on any atom is 0.494 e. The number of halogens is 1. The van der Waals surface area contributed by atoms with E-state index in [0.29, 0.717) is 0 Å². The molecule has 0 aliphatic carbocycles. The van der Waals surface area contributed by atoms with Crippen molar-refractivity contribution >= 4 is 64.6 Å². The smallest absolute Gasteiger partial charge is 0.405 e. The number of benzene rings is 6. The molecule has 2 aromatic heterocycles. The normalized spacial score (nSPS) is 19.2. The fourth-order valence-corrected chi connectivity index (χ4v) is 8.95. The molecular weight excluding hydrogens is 937 g/mol. The predicted molar refractivity (Wildman–Crippen MR) is 289 cm³/mol. The number of hydrogen-bond donors (Lipinski definition) is 0. The molecule has 0 bridgehead atoms. The molecule has 0 spiro atoms. The highest BCUT2D eigenvalue weighted by atomic mass is 79.9. The largest absolute Gasteiger partial charge is 0.494 e. The Bertz CT molecular complexity index is 3060. The summed E-state index contributed by atoms with van der Waals surface area (Å²) in [6.07, 6.45) is 0. The van der Waals surface area contributed by atoms with Gasteiger partial charge < -0.3 is 27.9 Å². The Morgan fingerprint density at radius 3 is 1.16 bits per heavy atom. The van der Waals surface area contributed by atoms with Gasteiger partial charge in [-0.3, -0.25) is 9.13 Å². The number of nitrogens with zero attached hydrogens (tertiary/aromatic N) is 4. The molecule has 0 saturated carbocycles. The first-order valence-electron chi connectivity index (χ1n) is 24.1. The lowest BCUT2D eigenvalue weighted by Gasteiger charge is -2.32. The molecule has 3 fully saturated rings. The third-order valence-corrected chi connectivity index (χ3v) is 15.2. The molecule has 3 aliphatic heterocycles. The van der Waals surface area contributed by atoms with Gasteiger partial charge in [-0.2, -0.15) is 0 Å². The van der Waals surface area contributed by atoms with E-state index in [-0.39, 0.29) is 33.6 Å². The van der Waals surface area contributed by atoms with Crippen LogP contribution in [-0.4, -0.2) is 73.8 Å². The molecule has 70 heavy (non-hydrogen) atoms. The molecule has 14 heteroatoms. The molecular formula is C56H62B3BrN4O6. The third-order valence-electron chi connectivity index (χ3n) is 14.7. The second kappa shape index (κ2) is 18.7. The van der Waals surface area contributed by atoms with Crippen molar-refractivity contribution in [2.45, 2.75) is 117 Å². The van der Waals surface area contributed by atoms with Crippen LogP contribution < -0.4 is 5.46 Å². The summed E-state index contributed by atoms with van der Waals surface area (Å²) in [6, 6.07) is 53.7. The van der Waals surface area contributed by atoms with Crippen LogP contribution in [0.5, 0.6) is 0 Å². The van der Waals surface area contributed by atoms with Crippen molar-refractivity contribution in [2.75, 3.05) is 0 Å². The van der Waals surface area contributed by atoms with Gasteiger partial charge in [0.1, 0.15) is 11.6 Å². The van der Waals surface area contributed by atoms with E-state index in [1.807, 2.05) is 110 Å². The van der Waals surface area contributed by atoms with Gasteiger partial charge in [-0.25, -0.2) is 9.97 Å². The number of hydrogen-bond acceptors (Lipinski definition) is 8. The summed E-state index contributed by atoms with van der Waals surface area (Å²) >= 11 is 3.55. The predicted octanol–water partition coefficient (Wildman–Crippen LogP) is 12.7. The minimum Gasteiger partial charge on any atom is -0.405 e. The van der Waals surface area contributed by atoms with Crippen LogP contribution in [0, 0.1) is 0 Å². The Hall–Kier alpha value is -5.31. The number of para-hydroxylation sites is 6. The van der Waals surface area contributed by atoms with Crippen LogP contribution in [0.1, 0.15) is 83.1 Å². The van der Waals surface area contributed by atoms with Crippen LogP contribution in [0.3, 0.4) is 0 Å². The van der Waals surface area contributed by atoms with Gasteiger partial charge in [0.2, 0.25) is 0 Å². The minimum absolute atomic E-state index is 0.360. The summed E-state index contributed by atoms with van der Waals surface area (Å²) < 4.78 is 41.8. The van der Waals surface area contributed by atoms with E-state index in [1.54, 1.807) is 0 Å². The van der Waals surface area contributed by atoms with Crippen LogP contribution in [0.25, 0.3) is 56.2 Å². The second-order valence-corrected chi connectivity index (χ2v) is 22.1. The monoisotopic (exact) mass is 998 g/mol. The van der Waals surface area contributed by atoms with Crippen molar-refractivity contribution in [1.29, 1.82) is 0 Å². The van der Waals surface area contributed by atoms with E-state index in [1.165, 1.54) is 0 Å². The first-order chi connectivity index (χ1) is 33.1. The lowest BCUT2D eigenvalue weighted by atomic mass is 9.49. The van der Waals surface area contributed by atoms with Gasteiger partial charge in [0.25, 0.3) is 0 Å². The average molecular weight is 999 g/mol. The van der Waals surface area contributed by atoms with E-state index >= 15 is 0 Å². The van der Waals surface area contributed by atoms with Crippen molar-refractivity contribution < 1.29 is 27.9 Å². The Morgan fingerprint density at radius 1 is 0.386 bits per heavy atom. The van der Waals surface area contributed by atoms with Crippen molar-refractivity contribution in [1.82, 2.24) is 19.1 Å². The number of aromatic nitrogens is 4. The maximum atomic E-state index is 6.27. The van der Waals surface area contributed by atoms with Crippen LogP contribution >= 0.6 is 15.9 Å². The molecule has 3 aliphatic rings. The average Bonchev–Trinajstić information content (AvgIpc) is 4.07. The lowest BCUT2D eigenvalue weighted by Crippen LogP contribution is -2.41. The maximum absolute atomic E-state index is 6.27. The van der Waals surface area contributed by atoms with Gasteiger partial charge in [0, 0.05) is 27.0 Å². The zero-order chi connectivity index (χ0) is 49.9. The summed E-state index contributed by atoms with van der Waals surface area (Å²) in [6.45, 7) is 24.5. The highest BCUT2D eigenvalue weighted by Crippen LogP contribution is 2.43. The molecule has 0 N–H and O–H groups in total. The van der Waals surface area contributed by atoms with Crippen molar-refractivity contribution in [3.05, 3.63) is 162 Å². The molecule has 11 rings (SSSR count). The zero-order valence-electron chi connectivity index (χ0n) is 42.4. The Labute approximate surface area is 422 Å². The molecule has 0 unspecified atom stereocenters. The molecule has 8 aromatic rings. The van der Waals surface area contributed by atoms with Gasteiger partial charge in [0.05, 0.1) is 55.7 Å². The number of fused-ring (bicyclic) bond motifs is 2. The lowest BCUT2D eigenvalue weighted by molar-refractivity contribution is 0.00578. The van der Waals surface area contributed by atoms with Gasteiger partial charge in [0.15, 0.2) is 0 Å². The molecule has 10 nitrogen and oxygen atoms in total. The zero-order valence-corrected chi connectivity index (χ0v) is 43.9. The van der Waals surface area contributed by atoms with Gasteiger partial charge in [-0.1, -0.05) is 113 Å². The Morgan fingerprint density at radius 2 is 0.743 bits per heavy atom. The first kappa shape index (κ1) is 49.7. The quantitative estimate of drug-likeness (QED) is 0.152. The topological polar surface area (TPSA) is 91.0 Å². The van der Waals surface area contributed by atoms with Crippen molar-refractivity contribution in [3.8, 4) is 34.2 Å². The van der Waals surface area contributed by atoms with Gasteiger partial charge >= 0.3 is 21.1 Å². The molecule has 0 amide bonds. The van der Waals surface area contributed by atoms with Crippen LogP contribution in [0.2, 0.25) is 0 Å². The third kappa shape index (κ3) is 9.60. The van der Waals surface area contributed by atoms with Crippen LogP contribution in [0.15, 0.2) is 162 Å². The summed E-state index contributed by atoms with van der Waals surface area (Å²) in [5.41, 5.74) is 7.31. The number of imidazole rings is 2. The minimum atomic E-state index is -0.476. The van der Waals surface area contributed by atoms with E-state index in [0.717, 1.165) is 66.2 Å². The molecule has 6 aromatic carbocycles. The Balaban J connectivity index is 0.000000135. The van der Waals surface area contributed by atoms with Crippen molar-refractivity contribution in [3.63, 3.8) is 0 Å². The second-order valence-electron chi connectivity index (χ2n) is 21.2. The van der Waals surface area contributed by atoms with Crippen LogP contribution in [0.4, 0.5) is 0 Å². The number of rotatable bonds is 6. The molecule has 358 valence electrons. The highest BCUT2D eigenvalue weighted by molar-refractivity contribution is 9.10. The summed E-state index contributed by atoms with van der Waals surface area (Å²) in [4.78, 5) is 9.81. The summed E-state index contributed by atoms with van der Waals surface area (Å²) in [5.74, 6) is 1.86. The van der Waals surface area contributed by atoms with Crippen LogP contribution in [-0.2, 0) is 27.9 Å². The molecule has 3 saturated heterocycles. The molecule has 5 heterocycles. The van der Waals surface area contributed by atoms with Gasteiger partial charge in [-0.05, 0) is 149 Å². The molecule has 0 radical (unpaired) electrons. The van der Waals surface area contributed by atoms with E-state index in [2.05, 4.69) is 156 Å². The Kier molecular flexibility index (Phi) is 13.3. The molecule has 0 atom stereocenters. The first-order valence-corrected chi connectivity index (χ1v) is 24.8.